The van der Waals surface area contributed by atoms with Crippen molar-refractivity contribution < 1.29 is 14.3 Å². The highest BCUT2D eigenvalue weighted by Crippen LogP contribution is 2.29. The fraction of sp³-hybridized carbons (Fsp3) is 0.160. The van der Waals surface area contributed by atoms with Crippen LogP contribution in [0, 0.1) is 18.3 Å². The summed E-state index contributed by atoms with van der Waals surface area (Å²) in [4.78, 5) is 12.3. The third kappa shape index (κ3) is 5.71. The summed E-state index contributed by atoms with van der Waals surface area (Å²) in [6.07, 6.45) is 1.55. The van der Waals surface area contributed by atoms with Crippen LogP contribution in [0.25, 0.3) is 0 Å². The molecule has 0 atom stereocenters. The molecule has 0 spiro atoms. The highest BCUT2D eigenvalue weighted by molar-refractivity contribution is 5.96. The van der Waals surface area contributed by atoms with Crippen LogP contribution in [0.15, 0.2) is 71.8 Å². The smallest absolute Gasteiger partial charge is 0.271 e. The summed E-state index contributed by atoms with van der Waals surface area (Å²) in [6, 6.07) is 22.2. The second kappa shape index (κ2) is 10.6. The number of benzene rings is 3. The van der Waals surface area contributed by atoms with Gasteiger partial charge in [-0.15, -0.1) is 0 Å². The van der Waals surface area contributed by atoms with E-state index in [-0.39, 0.29) is 12.5 Å². The minimum atomic E-state index is -0.268. The van der Waals surface area contributed by atoms with Crippen molar-refractivity contribution in [3.8, 4) is 17.6 Å². The number of carbonyl (C=O) groups excluding carboxylic acids is 1. The molecule has 0 aliphatic carbocycles. The predicted molar refractivity (Wildman–Crippen MR) is 119 cm³/mol. The zero-order valence-electron chi connectivity index (χ0n) is 17.5. The molecule has 156 valence electrons. The van der Waals surface area contributed by atoms with E-state index in [9.17, 15) is 10.1 Å². The lowest BCUT2D eigenvalue weighted by Gasteiger charge is -2.13. The number of nitriles is 1. The lowest BCUT2D eigenvalue weighted by molar-refractivity contribution is 0.0954. The van der Waals surface area contributed by atoms with Gasteiger partial charge in [-0.3, -0.25) is 4.79 Å². The van der Waals surface area contributed by atoms with Gasteiger partial charge < -0.3 is 9.47 Å². The maximum Gasteiger partial charge on any atom is 0.271 e. The summed E-state index contributed by atoms with van der Waals surface area (Å²) in [7, 11) is 0. The van der Waals surface area contributed by atoms with E-state index in [1.54, 1.807) is 30.5 Å². The summed E-state index contributed by atoms with van der Waals surface area (Å²) in [5, 5.41) is 13.3. The number of amides is 1. The molecule has 0 fully saturated rings. The van der Waals surface area contributed by atoms with E-state index in [1.165, 1.54) is 0 Å². The third-order valence-electron chi connectivity index (χ3n) is 4.56. The van der Waals surface area contributed by atoms with E-state index in [1.807, 2.05) is 56.3 Å². The van der Waals surface area contributed by atoms with Gasteiger partial charge in [-0.1, -0.05) is 36.4 Å². The van der Waals surface area contributed by atoms with E-state index >= 15 is 0 Å². The molecule has 6 heteroatoms. The van der Waals surface area contributed by atoms with Gasteiger partial charge >= 0.3 is 0 Å². The van der Waals surface area contributed by atoms with Crippen molar-refractivity contribution in [1.29, 1.82) is 5.26 Å². The standard InChI is InChI=1S/C25H23N3O3/c1-3-30-24-14-19(16-27-28-25(29)22-11-7-4-8-18(22)2)12-13-23(24)31-17-21-10-6-5-9-20(21)15-26/h4-14,16H,3,17H2,1-2H3,(H,28,29)/b27-16+. The topological polar surface area (TPSA) is 83.7 Å². The second-order valence-corrected chi connectivity index (χ2v) is 6.71. The van der Waals surface area contributed by atoms with Crippen molar-refractivity contribution in [3.05, 3.63) is 94.5 Å². The molecule has 3 aromatic rings. The Kier molecular flexibility index (Phi) is 7.39. The Balaban J connectivity index is 1.69. The minimum Gasteiger partial charge on any atom is -0.490 e. The van der Waals surface area contributed by atoms with E-state index in [0.29, 0.717) is 29.2 Å². The maximum atomic E-state index is 12.3. The zero-order chi connectivity index (χ0) is 22.1. The molecule has 1 N–H and O–H groups in total. The number of carbonyl (C=O) groups is 1. The number of hydrogen-bond acceptors (Lipinski definition) is 5. The van der Waals surface area contributed by atoms with E-state index in [4.69, 9.17) is 9.47 Å². The van der Waals surface area contributed by atoms with Crippen LogP contribution in [0.1, 0.15) is 39.5 Å². The average Bonchev–Trinajstić information content (AvgIpc) is 2.79. The van der Waals surface area contributed by atoms with Gasteiger partial charge in [0.05, 0.1) is 24.5 Å². The third-order valence-corrected chi connectivity index (χ3v) is 4.56. The van der Waals surface area contributed by atoms with Crippen LogP contribution in [0.5, 0.6) is 11.5 Å². The van der Waals surface area contributed by atoms with E-state index in [0.717, 1.165) is 16.7 Å². The van der Waals surface area contributed by atoms with Gasteiger partial charge in [0.2, 0.25) is 0 Å². The molecule has 0 bridgehead atoms. The fourth-order valence-corrected chi connectivity index (χ4v) is 2.96. The molecule has 31 heavy (non-hydrogen) atoms. The molecule has 0 aliphatic rings. The number of aryl methyl sites for hydroxylation is 1. The molecule has 0 aliphatic heterocycles. The van der Waals surface area contributed by atoms with Crippen LogP contribution in [0.3, 0.4) is 0 Å². The zero-order valence-corrected chi connectivity index (χ0v) is 17.5. The Hall–Kier alpha value is -4.11. The van der Waals surface area contributed by atoms with E-state index in [2.05, 4.69) is 16.6 Å². The molecule has 3 aromatic carbocycles. The molecule has 6 nitrogen and oxygen atoms in total. The first-order valence-electron chi connectivity index (χ1n) is 9.89. The SMILES string of the molecule is CCOc1cc(/C=N/NC(=O)c2ccccc2C)ccc1OCc1ccccc1C#N. The van der Waals surface area contributed by atoms with Crippen LogP contribution < -0.4 is 14.9 Å². The molecule has 0 unspecified atom stereocenters. The van der Waals surface area contributed by atoms with E-state index < -0.39 is 0 Å². The summed E-state index contributed by atoms with van der Waals surface area (Å²) in [5.41, 5.74) is 6.13. The largest absolute Gasteiger partial charge is 0.490 e. The first-order valence-corrected chi connectivity index (χ1v) is 9.89. The van der Waals surface area contributed by atoms with Gasteiger partial charge in [0.1, 0.15) is 6.61 Å². The Morgan fingerprint density at radius 1 is 1.06 bits per heavy atom. The summed E-state index contributed by atoms with van der Waals surface area (Å²) in [6.45, 7) is 4.48. The molecular formula is C25H23N3O3. The summed E-state index contributed by atoms with van der Waals surface area (Å²) < 4.78 is 11.6. The van der Waals surface area contributed by atoms with Crippen LogP contribution in [-0.2, 0) is 6.61 Å². The highest BCUT2D eigenvalue weighted by Gasteiger charge is 2.09. The van der Waals surface area contributed by atoms with Crippen molar-refractivity contribution in [2.75, 3.05) is 6.61 Å². The normalized spacial score (nSPS) is 10.5. The van der Waals surface area contributed by atoms with Gasteiger partial charge in [0.15, 0.2) is 11.5 Å². The number of rotatable bonds is 8. The number of ether oxygens (including phenoxy) is 2. The van der Waals surface area contributed by atoms with Gasteiger partial charge in [-0.25, -0.2) is 5.43 Å². The molecule has 1 amide bonds. The Morgan fingerprint density at radius 2 is 1.84 bits per heavy atom. The average molecular weight is 413 g/mol. The van der Waals surface area contributed by atoms with Gasteiger partial charge in [-0.05, 0) is 55.3 Å². The molecule has 3 rings (SSSR count). The lowest BCUT2D eigenvalue weighted by Crippen LogP contribution is -2.18. The Labute approximate surface area is 181 Å². The van der Waals surface area contributed by atoms with Crippen molar-refractivity contribution >= 4 is 12.1 Å². The number of hydrazone groups is 1. The van der Waals surface area contributed by atoms with Crippen molar-refractivity contribution in [1.82, 2.24) is 5.43 Å². The van der Waals surface area contributed by atoms with Crippen LogP contribution in [0.4, 0.5) is 0 Å². The lowest BCUT2D eigenvalue weighted by atomic mass is 10.1. The van der Waals surface area contributed by atoms with Crippen molar-refractivity contribution in [3.63, 3.8) is 0 Å². The van der Waals surface area contributed by atoms with Crippen LogP contribution >= 0.6 is 0 Å². The monoisotopic (exact) mass is 413 g/mol. The van der Waals surface area contributed by atoms with Gasteiger partial charge in [-0.2, -0.15) is 10.4 Å². The predicted octanol–water partition coefficient (Wildman–Crippen LogP) is 4.61. The number of nitrogens with zero attached hydrogens (tertiary/aromatic N) is 2. The fourth-order valence-electron chi connectivity index (χ4n) is 2.96. The Morgan fingerprint density at radius 3 is 2.61 bits per heavy atom. The molecular weight excluding hydrogens is 390 g/mol. The maximum absolute atomic E-state index is 12.3. The first kappa shape index (κ1) is 21.6. The van der Waals surface area contributed by atoms with Gasteiger partial charge in [0, 0.05) is 11.1 Å². The summed E-state index contributed by atoms with van der Waals surface area (Å²) in [5.74, 6) is 0.859. The number of nitrogens with one attached hydrogen (secondary N) is 1. The quantitative estimate of drug-likeness (QED) is 0.432. The van der Waals surface area contributed by atoms with Gasteiger partial charge in [0.25, 0.3) is 5.91 Å². The molecule has 0 aromatic heterocycles. The first-order chi connectivity index (χ1) is 15.1. The molecule has 0 saturated heterocycles. The van der Waals surface area contributed by atoms with Crippen molar-refractivity contribution in [2.45, 2.75) is 20.5 Å². The summed E-state index contributed by atoms with van der Waals surface area (Å²) >= 11 is 0. The number of hydrogen-bond donors (Lipinski definition) is 1. The molecule has 0 radical (unpaired) electrons. The van der Waals surface area contributed by atoms with Crippen molar-refractivity contribution in [2.24, 2.45) is 5.10 Å². The van der Waals surface area contributed by atoms with Crippen LogP contribution in [0.2, 0.25) is 0 Å². The Bertz CT molecular complexity index is 1130. The second-order valence-electron chi connectivity index (χ2n) is 6.71. The van der Waals surface area contributed by atoms with Crippen LogP contribution in [-0.4, -0.2) is 18.7 Å². The molecule has 0 heterocycles. The molecule has 0 saturated carbocycles. The minimum absolute atomic E-state index is 0.254. The highest BCUT2D eigenvalue weighted by atomic mass is 16.5.